The number of anilines is 1. The average molecular weight is 323 g/mol. The normalized spacial score (nSPS) is 19.9. The second-order valence-corrected chi connectivity index (χ2v) is 6.17. The summed E-state index contributed by atoms with van der Waals surface area (Å²) in [7, 11) is 0. The SMILES string of the molecule is CCOCCN1CCN(CC(=O)Nc2c(C)n[nH]c2C)C[C@H]1C. The summed E-state index contributed by atoms with van der Waals surface area (Å²) in [5, 5.41) is 9.95. The molecule has 0 radical (unpaired) electrons. The topological polar surface area (TPSA) is 73.5 Å². The third kappa shape index (κ3) is 5.02. The average Bonchev–Trinajstić information content (AvgIpc) is 2.81. The van der Waals surface area contributed by atoms with E-state index in [0.717, 1.165) is 56.5 Å². The molecule has 0 aromatic carbocycles. The fraction of sp³-hybridized carbons (Fsp3) is 0.750. The highest BCUT2D eigenvalue weighted by atomic mass is 16.5. The molecule has 1 aromatic rings. The molecule has 1 fully saturated rings. The maximum Gasteiger partial charge on any atom is 0.238 e. The van der Waals surface area contributed by atoms with E-state index in [-0.39, 0.29) is 5.91 Å². The number of hydrogen-bond donors (Lipinski definition) is 2. The number of carbonyl (C=O) groups is 1. The van der Waals surface area contributed by atoms with Crippen molar-refractivity contribution in [3.8, 4) is 0 Å². The van der Waals surface area contributed by atoms with Crippen molar-refractivity contribution in [1.82, 2.24) is 20.0 Å². The summed E-state index contributed by atoms with van der Waals surface area (Å²) in [6, 6.07) is 0.439. The third-order valence-corrected chi connectivity index (χ3v) is 4.34. The molecule has 0 aliphatic carbocycles. The van der Waals surface area contributed by atoms with Gasteiger partial charge in [0.05, 0.1) is 30.2 Å². The van der Waals surface area contributed by atoms with Crippen LogP contribution in [-0.4, -0.2) is 77.9 Å². The number of piperazine rings is 1. The first-order chi connectivity index (χ1) is 11.0. The molecular formula is C16H29N5O2. The van der Waals surface area contributed by atoms with Crippen LogP contribution in [0.15, 0.2) is 0 Å². The Bertz CT molecular complexity index is 497. The number of carbonyl (C=O) groups excluding carboxylic acids is 1. The lowest BCUT2D eigenvalue weighted by molar-refractivity contribution is -0.118. The van der Waals surface area contributed by atoms with Crippen LogP contribution >= 0.6 is 0 Å². The van der Waals surface area contributed by atoms with Crippen LogP contribution in [0.5, 0.6) is 0 Å². The van der Waals surface area contributed by atoms with Gasteiger partial charge in [0.1, 0.15) is 0 Å². The third-order valence-electron chi connectivity index (χ3n) is 4.34. The molecule has 7 heteroatoms. The van der Waals surface area contributed by atoms with E-state index in [1.165, 1.54) is 0 Å². The number of nitrogens with one attached hydrogen (secondary N) is 2. The molecule has 130 valence electrons. The molecule has 1 atom stereocenters. The van der Waals surface area contributed by atoms with Crippen LogP contribution in [0.4, 0.5) is 5.69 Å². The largest absolute Gasteiger partial charge is 0.380 e. The second kappa shape index (κ2) is 8.42. The van der Waals surface area contributed by atoms with E-state index in [9.17, 15) is 4.79 Å². The number of H-pyrrole nitrogens is 1. The summed E-state index contributed by atoms with van der Waals surface area (Å²) in [5.74, 6) is 0.0209. The number of aryl methyl sites for hydroxylation is 2. The molecule has 0 bridgehead atoms. The van der Waals surface area contributed by atoms with Crippen molar-refractivity contribution in [1.29, 1.82) is 0 Å². The van der Waals surface area contributed by atoms with Gasteiger partial charge in [-0.15, -0.1) is 0 Å². The summed E-state index contributed by atoms with van der Waals surface area (Å²) >= 11 is 0. The Balaban J connectivity index is 1.77. The van der Waals surface area contributed by atoms with Crippen LogP contribution in [0.1, 0.15) is 25.2 Å². The van der Waals surface area contributed by atoms with Gasteiger partial charge in [0.25, 0.3) is 0 Å². The number of amides is 1. The van der Waals surface area contributed by atoms with Gasteiger partial charge in [-0.05, 0) is 27.7 Å². The van der Waals surface area contributed by atoms with Crippen molar-refractivity contribution in [2.24, 2.45) is 0 Å². The van der Waals surface area contributed by atoms with Crippen LogP contribution in [0.3, 0.4) is 0 Å². The quantitative estimate of drug-likeness (QED) is 0.733. The first-order valence-electron chi connectivity index (χ1n) is 8.36. The molecule has 2 heterocycles. The monoisotopic (exact) mass is 323 g/mol. The first-order valence-corrected chi connectivity index (χ1v) is 8.36. The highest BCUT2D eigenvalue weighted by molar-refractivity contribution is 5.93. The summed E-state index contributed by atoms with van der Waals surface area (Å²) < 4.78 is 5.43. The molecule has 1 amide bonds. The van der Waals surface area contributed by atoms with Crippen molar-refractivity contribution in [3.05, 3.63) is 11.4 Å². The summed E-state index contributed by atoms with van der Waals surface area (Å²) in [6.45, 7) is 13.7. The Morgan fingerprint density at radius 1 is 1.43 bits per heavy atom. The molecule has 0 spiro atoms. The number of aromatic nitrogens is 2. The highest BCUT2D eigenvalue weighted by Gasteiger charge is 2.24. The van der Waals surface area contributed by atoms with Gasteiger partial charge in [-0.25, -0.2) is 0 Å². The zero-order valence-electron chi connectivity index (χ0n) is 14.7. The Morgan fingerprint density at radius 2 is 2.22 bits per heavy atom. The minimum absolute atomic E-state index is 0.0209. The fourth-order valence-electron chi connectivity index (χ4n) is 2.99. The van der Waals surface area contributed by atoms with E-state index in [1.54, 1.807) is 0 Å². The van der Waals surface area contributed by atoms with Gasteiger partial charge in [-0.1, -0.05) is 0 Å². The summed E-state index contributed by atoms with van der Waals surface area (Å²) in [4.78, 5) is 16.9. The molecule has 1 aromatic heterocycles. The molecule has 0 unspecified atom stereocenters. The Labute approximate surface area is 138 Å². The van der Waals surface area contributed by atoms with Crippen molar-refractivity contribution < 1.29 is 9.53 Å². The van der Waals surface area contributed by atoms with Gasteiger partial charge >= 0.3 is 0 Å². The van der Waals surface area contributed by atoms with Crippen molar-refractivity contribution >= 4 is 11.6 Å². The van der Waals surface area contributed by atoms with Gasteiger partial charge in [-0.3, -0.25) is 19.7 Å². The Morgan fingerprint density at radius 3 is 2.83 bits per heavy atom. The van der Waals surface area contributed by atoms with Crippen molar-refractivity contribution in [2.75, 3.05) is 51.3 Å². The van der Waals surface area contributed by atoms with Crippen LogP contribution in [0.25, 0.3) is 0 Å². The fourth-order valence-corrected chi connectivity index (χ4v) is 2.99. The lowest BCUT2D eigenvalue weighted by atomic mass is 10.2. The smallest absolute Gasteiger partial charge is 0.238 e. The van der Waals surface area contributed by atoms with Crippen LogP contribution in [0.2, 0.25) is 0 Å². The van der Waals surface area contributed by atoms with E-state index in [0.29, 0.717) is 12.6 Å². The molecule has 2 N–H and O–H groups in total. The lowest BCUT2D eigenvalue weighted by Gasteiger charge is -2.39. The highest BCUT2D eigenvalue weighted by Crippen LogP contribution is 2.16. The summed E-state index contributed by atoms with van der Waals surface area (Å²) in [5.41, 5.74) is 2.52. The van der Waals surface area contributed by atoms with Crippen LogP contribution in [-0.2, 0) is 9.53 Å². The minimum atomic E-state index is 0.0209. The van der Waals surface area contributed by atoms with Crippen molar-refractivity contribution in [3.63, 3.8) is 0 Å². The van der Waals surface area contributed by atoms with Crippen LogP contribution in [0, 0.1) is 13.8 Å². The van der Waals surface area contributed by atoms with E-state index in [1.807, 2.05) is 20.8 Å². The van der Waals surface area contributed by atoms with Gasteiger partial charge in [-0.2, -0.15) is 5.10 Å². The van der Waals surface area contributed by atoms with E-state index < -0.39 is 0 Å². The Kier molecular flexibility index (Phi) is 6.56. The number of aromatic amines is 1. The summed E-state index contributed by atoms with van der Waals surface area (Å²) in [6.07, 6.45) is 0. The predicted molar refractivity (Wildman–Crippen MR) is 90.7 cm³/mol. The standard InChI is InChI=1S/C16H29N5O2/c1-5-23-9-8-21-7-6-20(10-12(21)2)11-15(22)17-16-13(3)18-19-14(16)4/h12H,5-11H2,1-4H3,(H,17,22)(H,18,19)/t12-/m1/s1. The van der Waals surface area contributed by atoms with E-state index in [4.69, 9.17) is 4.74 Å². The van der Waals surface area contributed by atoms with Gasteiger partial charge < -0.3 is 10.1 Å². The molecule has 1 aliphatic rings. The van der Waals surface area contributed by atoms with E-state index >= 15 is 0 Å². The molecule has 23 heavy (non-hydrogen) atoms. The molecule has 7 nitrogen and oxygen atoms in total. The molecule has 1 aliphatic heterocycles. The van der Waals surface area contributed by atoms with Gasteiger partial charge in [0.2, 0.25) is 5.91 Å². The maximum absolute atomic E-state index is 12.3. The van der Waals surface area contributed by atoms with Gasteiger partial charge in [0.15, 0.2) is 0 Å². The first kappa shape index (κ1) is 17.9. The number of hydrogen-bond acceptors (Lipinski definition) is 5. The zero-order valence-corrected chi connectivity index (χ0v) is 14.7. The zero-order chi connectivity index (χ0) is 16.8. The maximum atomic E-state index is 12.3. The molecule has 0 saturated carbocycles. The Hall–Kier alpha value is -1.44. The number of nitrogens with zero attached hydrogens (tertiary/aromatic N) is 3. The molecule has 2 rings (SSSR count). The predicted octanol–water partition coefficient (Wildman–Crippen LogP) is 1.01. The number of rotatable bonds is 7. The van der Waals surface area contributed by atoms with Crippen molar-refractivity contribution in [2.45, 2.75) is 33.7 Å². The lowest BCUT2D eigenvalue weighted by Crippen LogP contribution is -2.54. The number of ether oxygens (including phenoxy) is 1. The second-order valence-electron chi connectivity index (χ2n) is 6.17. The minimum Gasteiger partial charge on any atom is -0.380 e. The molecular weight excluding hydrogens is 294 g/mol. The molecule has 1 saturated heterocycles. The van der Waals surface area contributed by atoms with Crippen LogP contribution < -0.4 is 5.32 Å². The van der Waals surface area contributed by atoms with Gasteiger partial charge in [0, 0.05) is 38.8 Å². The van der Waals surface area contributed by atoms with E-state index in [2.05, 4.69) is 32.2 Å².